The summed E-state index contributed by atoms with van der Waals surface area (Å²) < 4.78 is 41.0. The van der Waals surface area contributed by atoms with E-state index in [9.17, 15) is 32.3 Å². The van der Waals surface area contributed by atoms with Gasteiger partial charge in [0, 0.05) is 31.5 Å². The number of likely N-dealkylation sites (tertiary alicyclic amines) is 1. The Morgan fingerprint density at radius 3 is 2.47 bits per heavy atom. The van der Waals surface area contributed by atoms with Crippen LogP contribution in [0.25, 0.3) is 0 Å². The molecule has 190 valence electrons. The Balaban J connectivity index is 1.19. The number of fused-ring (bicyclic) bond motifs is 1. The molecule has 9 nitrogen and oxygen atoms in total. The van der Waals surface area contributed by atoms with Crippen LogP contribution < -0.4 is 16.0 Å². The van der Waals surface area contributed by atoms with E-state index in [1.807, 2.05) is 0 Å². The van der Waals surface area contributed by atoms with Crippen molar-refractivity contribution in [1.29, 1.82) is 0 Å². The predicted octanol–water partition coefficient (Wildman–Crippen LogP) is 1.81. The summed E-state index contributed by atoms with van der Waals surface area (Å²) in [5, 5.41) is 7.98. The van der Waals surface area contributed by atoms with Crippen LogP contribution >= 0.6 is 0 Å². The fourth-order valence-corrected chi connectivity index (χ4v) is 5.83. The Labute approximate surface area is 195 Å². The molecule has 2 aliphatic heterocycles. The van der Waals surface area contributed by atoms with Gasteiger partial charge in [0.15, 0.2) is 0 Å². The summed E-state index contributed by atoms with van der Waals surface area (Å²) in [5.41, 5.74) is 0. The number of nitrogens with one attached hydrogen (secondary N) is 3. The van der Waals surface area contributed by atoms with Crippen LogP contribution in [0.15, 0.2) is 0 Å². The summed E-state index contributed by atoms with van der Waals surface area (Å²) >= 11 is 0. The van der Waals surface area contributed by atoms with Crippen molar-refractivity contribution < 1.29 is 37.1 Å². The van der Waals surface area contributed by atoms with Gasteiger partial charge in [-0.3, -0.25) is 24.4 Å². The third-order valence-corrected chi connectivity index (χ3v) is 7.58. The Morgan fingerprint density at radius 2 is 1.79 bits per heavy atom. The smallest absolute Gasteiger partial charge is 0.338 e. The number of urea groups is 1. The number of carbonyl (C=O) groups excluding carboxylic acids is 4. The normalized spacial score (nSPS) is 34.4. The largest absolute Gasteiger partial charge is 0.522 e. The fraction of sp³-hybridized carbons (Fsp3) is 0.818. The average molecular weight is 489 g/mol. The van der Waals surface area contributed by atoms with Crippen molar-refractivity contribution in [3.8, 4) is 0 Å². The zero-order valence-corrected chi connectivity index (χ0v) is 18.9. The van der Waals surface area contributed by atoms with Crippen molar-refractivity contribution in [2.75, 3.05) is 13.1 Å². The van der Waals surface area contributed by atoms with Gasteiger partial charge < -0.3 is 15.5 Å². The number of alkyl halides is 3. The molecule has 12 heteroatoms. The number of hydrogen-bond donors (Lipinski definition) is 3. The van der Waals surface area contributed by atoms with Gasteiger partial charge in [0.25, 0.3) is 0 Å². The predicted molar refractivity (Wildman–Crippen MR) is 112 cm³/mol. The first-order valence-corrected chi connectivity index (χ1v) is 12.0. The van der Waals surface area contributed by atoms with Crippen LogP contribution in [-0.4, -0.2) is 66.3 Å². The zero-order valence-electron chi connectivity index (χ0n) is 18.9. The van der Waals surface area contributed by atoms with Crippen LogP contribution in [0, 0.1) is 17.8 Å². The van der Waals surface area contributed by atoms with Crippen LogP contribution in [0.4, 0.5) is 18.0 Å². The van der Waals surface area contributed by atoms with E-state index in [1.165, 1.54) is 0 Å². The number of nitrogens with zero attached hydrogens (tertiary/aromatic N) is 1. The van der Waals surface area contributed by atoms with Crippen molar-refractivity contribution in [2.45, 2.75) is 82.3 Å². The van der Waals surface area contributed by atoms with Gasteiger partial charge in [0.2, 0.25) is 17.7 Å². The van der Waals surface area contributed by atoms with E-state index in [0.29, 0.717) is 38.8 Å². The average Bonchev–Trinajstić information content (AvgIpc) is 3.08. The Morgan fingerprint density at radius 1 is 1.06 bits per heavy atom. The highest BCUT2D eigenvalue weighted by molar-refractivity contribution is 6.02. The van der Waals surface area contributed by atoms with Crippen LogP contribution in [0.5, 0.6) is 0 Å². The van der Waals surface area contributed by atoms with E-state index >= 15 is 0 Å². The van der Waals surface area contributed by atoms with Gasteiger partial charge in [0.1, 0.15) is 6.04 Å². The molecular formula is C22H31F3N4O5. The SMILES string of the molecule is O=C1CCC(N2CC3CCC(CNC(=O)NC4CCC(OC(F)(F)F)CC4)CC3C2=O)C(=O)N1. The molecule has 0 spiro atoms. The molecule has 0 bridgehead atoms. The van der Waals surface area contributed by atoms with E-state index in [2.05, 4.69) is 20.7 Å². The second-order valence-corrected chi connectivity index (χ2v) is 9.89. The summed E-state index contributed by atoms with van der Waals surface area (Å²) in [6.07, 6.45) is -1.27. The Hall–Kier alpha value is -2.37. The van der Waals surface area contributed by atoms with Gasteiger partial charge in [-0.05, 0) is 63.2 Å². The molecule has 4 atom stereocenters. The highest BCUT2D eigenvalue weighted by Crippen LogP contribution is 2.41. The lowest BCUT2D eigenvalue weighted by atomic mass is 9.75. The molecule has 2 saturated carbocycles. The maximum absolute atomic E-state index is 13.0. The topological polar surface area (TPSA) is 117 Å². The monoisotopic (exact) mass is 488 g/mol. The van der Waals surface area contributed by atoms with Gasteiger partial charge in [-0.2, -0.15) is 0 Å². The van der Waals surface area contributed by atoms with Gasteiger partial charge >= 0.3 is 12.4 Å². The number of ether oxygens (including phenoxy) is 1. The van der Waals surface area contributed by atoms with Crippen LogP contribution in [0.1, 0.15) is 57.8 Å². The molecule has 0 radical (unpaired) electrons. The molecule has 4 unspecified atom stereocenters. The fourth-order valence-electron chi connectivity index (χ4n) is 5.83. The maximum atomic E-state index is 13.0. The maximum Gasteiger partial charge on any atom is 0.522 e. The van der Waals surface area contributed by atoms with E-state index in [1.54, 1.807) is 4.90 Å². The number of hydrogen-bond acceptors (Lipinski definition) is 5. The van der Waals surface area contributed by atoms with Crippen molar-refractivity contribution in [1.82, 2.24) is 20.9 Å². The lowest BCUT2D eigenvalue weighted by molar-refractivity contribution is -0.345. The highest BCUT2D eigenvalue weighted by atomic mass is 19.4. The summed E-state index contributed by atoms with van der Waals surface area (Å²) in [7, 11) is 0. The molecule has 0 aromatic carbocycles. The quantitative estimate of drug-likeness (QED) is 0.511. The number of carbonyl (C=O) groups is 4. The van der Waals surface area contributed by atoms with Gasteiger partial charge in [-0.15, -0.1) is 13.2 Å². The van der Waals surface area contributed by atoms with Gasteiger partial charge in [-0.1, -0.05) is 0 Å². The lowest BCUT2D eigenvalue weighted by Gasteiger charge is -2.31. The van der Waals surface area contributed by atoms with Crippen molar-refractivity contribution >= 4 is 23.8 Å². The standard InChI is InChI=1S/C22H31F3N4O5/c23-22(24,25)34-15-5-3-14(4-6-15)27-21(33)26-10-12-1-2-13-11-29(20(32)16(13)9-12)17-7-8-18(30)28-19(17)31/h12-17H,1-11H2,(H2,26,27,33)(H,28,30,31). The van der Waals surface area contributed by atoms with E-state index in [4.69, 9.17) is 0 Å². The Kier molecular flexibility index (Phi) is 7.34. The molecule has 4 fully saturated rings. The molecule has 0 aromatic rings. The molecular weight excluding hydrogens is 457 g/mol. The number of rotatable bonds is 5. The van der Waals surface area contributed by atoms with Crippen molar-refractivity contribution in [2.24, 2.45) is 17.8 Å². The molecule has 3 N–H and O–H groups in total. The molecule has 2 heterocycles. The van der Waals surface area contributed by atoms with E-state index in [-0.39, 0.29) is 60.9 Å². The summed E-state index contributed by atoms with van der Waals surface area (Å²) in [4.78, 5) is 50.5. The molecule has 34 heavy (non-hydrogen) atoms. The van der Waals surface area contributed by atoms with Crippen molar-refractivity contribution in [3.63, 3.8) is 0 Å². The summed E-state index contributed by atoms with van der Waals surface area (Å²) in [6, 6.07) is -1.14. The zero-order chi connectivity index (χ0) is 24.5. The second-order valence-electron chi connectivity index (χ2n) is 9.89. The minimum Gasteiger partial charge on any atom is -0.338 e. The highest BCUT2D eigenvalue weighted by Gasteiger charge is 2.48. The van der Waals surface area contributed by atoms with Crippen LogP contribution in [-0.2, 0) is 19.1 Å². The molecule has 4 aliphatic rings. The second kappa shape index (κ2) is 10.1. The number of piperidine rings is 1. The van der Waals surface area contributed by atoms with E-state index in [0.717, 1.165) is 12.8 Å². The summed E-state index contributed by atoms with van der Waals surface area (Å²) in [5.74, 6) is -0.635. The molecule has 4 rings (SSSR count). The first-order valence-electron chi connectivity index (χ1n) is 12.0. The minimum atomic E-state index is -4.64. The van der Waals surface area contributed by atoms with Gasteiger partial charge in [-0.25, -0.2) is 4.79 Å². The third kappa shape index (κ3) is 6.00. The molecule has 2 aliphatic carbocycles. The first-order chi connectivity index (χ1) is 16.1. The van der Waals surface area contributed by atoms with Crippen molar-refractivity contribution in [3.05, 3.63) is 0 Å². The lowest BCUT2D eigenvalue weighted by Crippen LogP contribution is -2.53. The molecule has 5 amide bonds. The minimum absolute atomic E-state index is 0.0495. The van der Waals surface area contributed by atoms with Gasteiger partial charge in [0.05, 0.1) is 6.10 Å². The number of halogens is 3. The van der Waals surface area contributed by atoms with Crippen LogP contribution in [0.2, 0.25) is 0 Å². The Bertz CT molecular complexity index is 815. The van der Waals surface area contributed by atoms with E-state index < -0.39 is 24.4 Å². The molecule has 2 saturated heterocycles. The molecule has 0 aromatic heterocycles. The number of imide groups is 1. The summed E-state index contributed by atoms with van der Waals surface area (Å²) in [6.45, 7) is 0.935. The third-order valence-electron chi connectivity index (χ3n) is 7.58. The number of amides is 5. The first kappa shape index (κ1) is 24.7. The van der Waals surface area contributed by atoms with Crippen LogP contribution in [0.3, 0.4) is 0 Å².